The Morgan fingerprint density at radius 2 is 1.81 bits per heavy atom. The summed E-state index contributed by atoms with van der Waals surface area (Å²) in [5.41, 5.74) is 4.52. The standard InChI is InChI=1S/C21H22FN3OS/c1-14-8-10-17(11-9-14)25-16(3)21(15(2)24-25)23-20(26)12-13-27-19-7-5-4-6-18(19)22/h4-11H,12-13H2,1-3H3,(H,23,26). The SMILES string of the molecule is Cc1ccc(-n2nc(C)c(NC(=O)CCSc3ccccc3F)c2C)cc1. The predicted molar refractivity (Wildman–Crippen MR) is 108 cm³/mol. The largest absolute Gasteiger partial charge is 0.323 e. The van der Waals surface area contributed by atoms with Crippen LogP contribution in [0.5, 0.6) is 0 Å². The Bertz CT molecular complexity index is 951. The van der Waals surface area contributed by atoms with E-state index in [2.05, 4.69) is 10.4 Å². The van der Waals surface area contributed by atoms with Gasteiger partial charge in [0.1, 0.15) is 5.82 Å². The Morgan fingerprint density at radius 3 is 2.52 bits per heavy atom. The number of amides is 1. The van der Waals surface area contributed by atoms with Crippen molar-refractivity contribution in [1.29, 1.82) is 0 Å². The minimum atomic E-state index is -0.256. The maximum atomic E-state index is 13.6. The number of rotatable bonds is 6. The van der Waals surface area contributed by atoms with E-state index < -0.39 is 0 Å². The molecule has 4 nitrogen and oxygen atoms in total. The van der Waals surface area contributed by atoms with Gasteiger partial charge in [-0.3, -0.25) is 4.79 Å². The van der Waals surface area contributed by atoms with Crippen LogP contribution in [0.3, 0.4) is 0 Å². The molecule has 0 fully saturated rings. The molecule has 0 saturated carbocycles. The lowest BCUT2D eigenvalue weighted by Gasteiger charge is -2.08. The second kappa shape index (κ2) is 8.39. The first-order valence-corrected chi connectivity index (χ1v) is 9.74. The van der Waals surface area contributed by atoms with E-state index in [4.69, 9.17) is 0 Å². The summed E-state index contributed by atoms with van der Waals surface area (Å²) in [5, 5.41) is 7.50. The van der Waals surface area contributed by atoms with Gasteiger partial charge in [0.15, 0.2) is 0 Å². The zero-order valence-corrected chi connectivity index (χ0v) is 16.4. The number of aromatic nitrogens is 2. The quantitative estimate of drug-likeness (QED) is 0.606. The minimum Gasteiger partial charge on any atom is -0.323 e. The fourth-order valence-electron chi connectivity index (χ4n) is 2.78. The van der Waals surface area contributed by atoms with Crippen LogP contribution >= 0.6 is 11.8 Å². The second-order valence-corrected chi connectivity index (χ2v) is 7.51. The number of anilines is 1. The third-order valence-electron chi connectivity index (χ3n) is 4.26. The van der Waals surface area contributed by atoms with Crippen molar-refractivity contribution in [3.63, 3.8) is 0 Å². The second-order valence-electron chi connectivity index (χ2n) is 6.37. The van der Waals surface area contributed by atoms with Gasteiger partial charge in [-0.15, -0.1) is 11.8 Å². The molecule has 0 unspecified atom stereocenters. The van der Waals surface area contributed by atoms with Crippen LogP contribution in [0.15, 0.2) is 53.4 Å². The highest BCUT2D eigenvalue weighted by Crippen LogP contribution is 2.25. The van der Waals surface area contributed by atoms with Crippen molar-refractivity contribution in [2.45, 2.75) is 32.1 Å². The summed E-state index contributed by atoms with van der Waals surface area (Å²) < 4.78 is 15.5. The normalized spacial score (nSPS) is 10.8. The van der Waals surface area contributed by atoms with Gasteiger partial charge in [-0.25, -0.2) is 9.07 Å². The number of carbonyl (C=O) groups is 1. The molecule has 3 rings (SSSR count). The molecule has 0 radical (unpaired) electrons. The van der Waals surface area contributed by atoms with E-state index in [9.17, 15) is 9.18 Å². The van der Waals surface area contributed by atoms with E-state index in [1.165, 1.54) is 23.4 Å². The fraction of sp³-hybridized carbons (Fsp3) is 0.238. The van der Waals surface area contributed by atoms with Gasteiger partial charge in [-0.1, -0.05) is 29.8 Å². The molecule has 0 aliphatic rings. The van der Waals surface area contributed by atoms with Crippen LogP contribution in [0.4, 0.5) is 10.1 Å². The maximum Gasteiger partial charge on any atom is 0.225 e. The van der Waals surface area contributed by atoms with Gasteiger partial charge < -0.3 is 5.32 Å². The third-order valence-corrected chi connectivity index (χ3v) is 5.31. The number of thioether (sulfide) groups is 1. The monoisotopic (exact) mass is 383 g/mol. The minimum absolute atomic E-state index is 0.103. The Labute approximate surface area is 162 Å². The molecular weight excluding hydrogens is 361 g/mol. The van der Waals surface area contributed by atoms with Gasteiger partial charge >= 0.3 is 0 Å². The zero-order valence-electron chi connectivity index (χ0n) is 15.6. The number of aryl methyl sites for hydroxylation is 2. The van der Waals surface area contributed by atoms with Crippen molar-refractivity contribution in [2.24, 2.45) is 0 Å². The van der Waals surface area contributed by atoms with E-state index in [-0.39, 0.29) is 11.7 Å². The summed E-state index contributed by atoms with van der Waals surface area (Å²) in [6.07, 6.45) is 0.299. The molecule has 27 heavy (non-hydrogen) atoms. The molecule has 1 N–H and O–H groups in total. The first-order chi connectivity index (χ1) is 13.0. The summed E-state index contributed by atoms with van der Waals surface area (Å²) in [6.45, 7) is 5.85. The molecule has 1 heterocycles. The summed E-state index contributed by atoms with van der Waals surface area (Å²) in [4.78, 5) is 12.9. The maximum absolute atomic E-state index is 13.6. The molecule has 0 aliphatic heterocycles. The lowest BCUT2D eigenvalue weighted by atomic mass is 10.2. The van der Waals surface area contributed by atoms with E-state index in [1.54, 1.807) is 18.2 Å². The smallest absolute Gasteiger partial charge is 0.225 e. The Morgan fingerprint density at radius 1 is 1.11 bits per heavy atom. The lowest BCUT2D eigenvalue weighted by Crippen LogP contribution is -2.13. The topological polar surface area (TPSA) is 46.9 Å². The van der Waals surface area contributed by atoms with Gasteiger partial charge in [-0.2, -0.15) is 5.10 Å². The highest BCUT2D eigenvalue weighted by Gasteiger charge is 2.15. The molecule has 0 aliphatic carbocycles. The first-order valence-electron chi connectivity index (χ1n) is 8.76. The number of hydrogen-bond acceptors (Lipinski definition) is 3. The zero-order chi connectivity index (χ0) is 19.4. The van der Waals surface area contributed by atoms with Crippen molar-refractivity contribution in [3.05, 3.63) is 71.3 Å². The number of carbonyl (C=O) groups excluding carboxylic acids is 1. The lowest BCUT2D eigenvalue weighted by molar-refractivity contribution is -0.115. The van der Waals surface area contributed by atoms with Gasteiger partial charge in [0, 0.05) is 17.1 Å². The fourth-order valence-corrected chi connectivity index (χ4v) is 3.67. The summed E-state index contributed by atoms with van der Waals surface area (Å²) in [5.74, 6) is 0.152. The summed E-state index contributed by atoms with van der Waals surface area (Å²) >= 11 is 1.34. The van der Waals surface area contributed by atoms with Crippen molar-refractivity contribution in [1.82, 2.24) is 9.78 Å². The van der Waals surface area contributed by atoms with Gasteiger partial charge in [0.05, 0.1) is 22.8 Å². The summed E-state index contributed by atoms with van der Waals surface area (Å²) in [7, 11) is 0. The molecule has 1 aromatic heterocycles. The van der Waals surface area contributed by atoms with Crippen LogP contribution in [0, 0.1) is 26.6 Å². The predicted octanol–water partition coefficient (Wildman–Crippen LogP) is 5.06. The van der Waals surface area contributed by atoms with Crippen molar-refractivity contribution in [2.75, 3.05) is 11.1 Å². The average Bonchev–Trinajstić information content (AvgIpc) is 2.92. The molecule has 1 amide bonds. The molecule has 3 aromatic rings. The molecule has 140 valence electrons. The molecule has 0 bridgehead atoms. The highest BCUT2D eigenvalue weighted by atomic mass is 32.2. The molecule has 0 atom stereocenters. The van der Waals surface area contributed by atoms with Crippen LogP contribution in [0.1, 0.15) is 23.4 Å². The van der Waals surface area contributed by atoms with E-state index in [0.717, 1.165) is 22.8 Å². The van der Waals surface area contributed by atoms with Crippen molar-refractivity contribution in [3.8, 4) is 5.69 Å². The van der Waals surface area contributed by atoms with Gasteiger partial charge in [-0.05, 0) is 45.0 Å². The third kappa shape index (κ3) is 4.57. The molecule has 0 spiro atoms. The Hall–Kier alpha value is -2.60. The van der Waals surface area contributed by atoms with Crippen LogP contribution in [-0.2, 0) is 4.79 Å². The Kier molecular flexibility index (Phi) is 5.96. The van der Waals surface area contributed by atoms with Crippen molar-refractivity contribution >= 4 is 23.4 Å². The van der Waals surface area contributed by atoms with Crippen LogP contribution < -0.4 is 5.32 Å². The molecule has 2 aromatic carbocycles. The number of benzene rings is 2. The van der Waals surface area contributed by atoms with E-state index >= 15 is 0 Å². The van der Waals surface area contributed by atoms with Crippen molar-refractivity contribution < 1.29 is 9.18 Å². The number of hydrogen-bond donors (Lipinski definition) is 1. The number of nitrogens with one attached hydrogen (secondary N) is 1. The van der Waals surface area contributed by atoms with Gasteiger partial charge in [0.25, 0.3) is 0 Å². The molecule has 0 saturated heterocycles. The summed E-state index contributed by atoms with van der Waals surface area (Å²) in [6, 6.07) is 14.7. The first kappa shape index (κ1) is 19.2. The molecular formula is C21H22FN3OS. The van der Waals surface area contributed by atoms with E-state index in [0.29, 0.717) is 17.1 Å². The van der Waals surface area contributed by atoms with Crippen LogP contribution in [-0.4, -0.2) is 21.4 Å². The number of halogens is 1. The average molecular weight is 383 g/mol. The van der Waals surface area contributed by atoms with Crippen LogP contribution in [0.2, 0.25) is 0 Å². The van der Waals surface area contributed by atoms with Gasteiger partial charge in [0.2, 0.25) is 5.91 Å². The molecule has 6 heteroatoms. The Balaban J connectivity index is 1.64. The van der Waals surface area contributed by atoms with Crippen LogP contribution in [0.25, 0.3) is 5.69 Å². The highest BCUT2D eigenvalue weighted by molar-refractivity contribution is 7.99. The number of nitrogens with zero attached hydrogens (tertiary/aromatic N) is 2. The van der Waals surface area contributed by atoms with E-state index in [1.807, 2.05) is 49.7 Å².